The molecule has 4 heteroatoms. The van der Waals surface area contributed by atoms with Crippen molar-refractivity contribution in [3.63, 3.8) is 0 Å². The lowest BCUT2D eigenvalue weighted by atomic mass is 10.3. The Labute approximate surface area is 103 Å². The molecule has 1 heterocycles. The Bertz CT molecular complexity index is 291. The third-order valence-corrected chi connectivity index (χ3v) is 4.52. The Hall–Kier alpha value is 0.490. The molecule has 1 rings (SSSR count). The van der Waals surface area contributed by atoms with Gasteiger partial charge in [-0.25, -0.2) is 0 Å². The Balaban J connectivity index is 2.47. The maximum absolute atomic E-state index is 3.47. The summed E-state index contributed by atoms with van der Waals surface area (Å²) in [5.74, 6) is 0. The number of hydrogen-bond acceptors (Lipinski definition) is 3. The number of hydrogen-bond donors (Lipinski definition) is 1. The molecule has 1 aromatic heterocycles. The molecule has 0 amide bonds. The van der Waals surface area contributed by atoms with Gasteiger partial charge in [0.25, 0.3) is 0 Å². The molecule has 0 saturated heterocycles. The van der Waals surface area contributed by atoms with E-state index in [2.05, 4.69) is 59.8 Å². The molecule has 0 saturated carbocycles. The van der Waals surface area contributed by atoms with E-state index in [0.29, 0.717) is 6.04 Å². The Kier molecular flexibility index (Phi) is 4.50. The number of thiophene rings is 1. The summed E-state index contributed by atoms with van der Waals surface area (Å²) in [7, 11) is 0. The summed E-state index contributed by atoms with van der Waals surface area (Å²) < 4.78 is 4.90. The number of nitrogens with one attached hydrogen (secondary N) is 1. The molecule has 0 aliphatic rings. The van der Waals surface area contributed by atoms with Gasteiger partial charge in [0.2, 0.25) is 0 Å². The van der Waals surface area contributed by atoms with Crippen LogP contribution in [0, 0.1) is 0 Å². The topological polar surface area (TPSA) is 12.0 Å². The molecule has 0 aliphatic heterocycles. The molecule has 80 valence electrons. The van der Waals surface area contributed by atoms with Gasteiger partial charge in [-0.1, -0.05) is 11.9 Å². The van der Waals surface area contributed by atoms with Crippen LogP contribution in [-0.2, 0) is 0 Å². The second kappa shape index (κ2) is 5.01. The molecule has 1 N–H and O–H groups in total. The summed E-state index contributed by atoms with van der Waals surface area (Å²) in [6.07, 6.45) is 0. The van der Waals surface area contributed by atoms with Crippen molar-refractivity contribution in [2.45, 2.75) is 38.5 Å². The van der Waals surface area contributed by atoms with Gasteiger partial charge in [-0.05, 0) is 49.7 Å². The highest BCUT2D eigenvalue weighted by atomic mass is 79.9. The quantitative estimate of drug-likeness (QED) is 0.817. The molecule has 0 fully saturated rings. The zero-order valence-corrected chi connectivity index (χ0v) is 12.1. The molecule has 0 aliphatic carbocycles. The summed E-state index contributed by atoms with van der Waals surface area (Å²) >= 11 is 7.04. The highest BCUT2D eigenvalue weighted by molar-refractivity contribution is 9.10. The monoisotopic (exact) mass is 293 g/mol. The second-order valence-electron chi connectivity index (χ2n) is 4.22. The van der Waals surface area contributed by atoms with Crippen molar-refractivity contribution in [3.8, 4) is 0 Å². The van der Waals surface area contributed by atoms with Gasteiger partial charge in [0, 0.05) is 25.5 Å². The maximum atomic E-state index is 3.47. The van der Waals surface area contributed by atoms with Crippen LogP contribution >= 0.6 is 39.2 Å². The van der Waals surface area contributed by atoms with E-state index in [9.17, 15) is 0 Å². The fraction of sp³-hybridized carbons (Fsp3) is 0.600. The minimum Gasteiger partial charge on any atom is -0.256 e. The third kappa shape index (κ3) is 4.34. The molecule has 0 spiro atoms. The van der Waals surface area contributed by atoms with Crippen LogP contribution in [0.2, 0.25) is 0 Å². The van der Waals surface area contributed by atoms with Crippen LogP contribution in [0.4, 0.5) is 0 Å². The van der Waals surface area contributed by atoms with Gasteiger partial charge in [-0.15, -0.1) is 11.3 Å². The first-order chi connectivity index (χ1) is 6.38. The summed E-state index contributed by atoms with van der Waals surface area (Å²) in [5, 5.41) is 2.12. The van der Waals surface area contributed by atoms with E-state index in [-0.39, 0.29) is 4.75 Å². The van der Waals surface area contributed by atoms with Gasteiger partial charge < -0.3 is 0 Å². The van der Waals surface area contributed by atoms with E-state index in [0.717, 1.165) is 0 Å². The van der Waals surface area contributed by atoms with E-state index in [1.54, 1.807) is 23.3 Å². The van der Waals surface area contributed by atoms with Crippen molar-refractivity contribution < 1.29 is 0 Å². The zero-order chi connectivity index (χ0) is 10.8. The van der Waals surface area contributed by atoms with Crippen LogP contribution in [0.25, 0.3) is 0 Å². The van der Waals surface area contributed by atoms with Gasteiger partial charge in [-0.3, -0.25) is 4.72 Å². The molecule has 0 bridgehead atoms. The van der Waals surface area contributed by atoms with Crippen molar-refractivity contribution in [2.75, 3.05) is 0 Å². The summed E-state index contributed by atoms with van der Waals surface area (Å²) in [4.78, 5) is 1.37. The second-order valence-corrected chi connectivity index (χ2v) is 7.74. The standard InChI is InChI=1S/C10H16BrNS2/c1-7(12-14-10(2,3)4)9-5-8(11)6-13-9/h5-7,12H,1-4H3/t7-/m0/s1. The third-order valence-electron chi connectivity index (χ3n) is 1.56. The highest BCUT2D eigenvalue weighted by Gasteiger charge is 2.14. The molecular weight excluding hydrogens is 278 g/mol. The van der Waals surface area contributed by atoms with Crippen molar-refractivity contribution in [1.82, 2.24) is 4.72 Å². The van der Waals surface area contributed by atoms with Gasteiger partial charge in [0.15, 0.2) is 0 Å². The van der Waals surface area contributed by atoms with E-state index < -0.39 is 0 Å². The van der Waals surface area contributed by atoms with Crippen molar-refractivity contribution in [2.24, 2.45) is 0 Å². The fourth-order valence-electron chi connectivity index (χ4n) is 0.879. The summed E-state index contributed by atoms with van der Waals surface area (Å²) in [6.45, 7) is 8.82. The molecule has 0 aromatic carbocycles. The van der Waals surface area contributed by atoms with Crippen molar-refractivity contribution in [3.05, 3.63) is 20.8 Å². The largest absolute Gasteiger partial charge is 0.256 e. The lowest BCUT2D eigenvalue weighted by Gasteiger charge is -2.20. The van der Waals surface area contributed by atoms with Crippen LogP contribution in [0.3, 0.4) is 0 Å². The van der Waals surface area contributed by atoms with Gasteiger partial charge in [0.1, 0.15) is 0 Å². The van der Waals surface area contributed by atoms with E-state index >= 15 is 0 Å². The van der Waals surface area contributed by atoms with Crippen LogP contribution in [0.15, 0.2) is 15.9 Å². The van der Waals surface area contributed by atoms with E-state index in [4.69, 9.17) is 0 Å². The molecule has 0 unspecified atom stereocenters. The normalized spacial score (nSPS) is 14.4. The van der Waals surface area contributed by atoms with Crippen molar-refractivity contribution >= 4 is 39.2 Å². The molecule has 14 heavy (non-hydrogen) atoms. The maximum Gasteiger partial charge on any atom is 0.0487 e. The smallest absolute Gasteiger partial charge is 0.0487 e. The first kappa shape index (κ1) is 12.6. The van der Waals surface area contributed by atoms with Gasteiger partial charge in [0.05, 0.1) is 0 Å². The van der Waals surface area contributed by atoms with E-state index in [1.165, 1.54) is 9.35 Å². The predicted molar refractivity (Wildman–Crippen MR) is 70.9 cm³/mol. The van der Waals surface area contributed by atoms with Crippen LogP contribution in [0.1, 0.15) is 38.6 Å². The van der Waals surface area contributed by atoms with Crippen molar-refractivity contribution in [1.29, 1.82) is 0 Å². The average Bonchev–Trinajstić information content (AvgIpc) is 2.46. The molecule has 0 radical (unpaired) electrons. The first-order valence-electron chi connectivity index (χ1n) is 4.56. The average molecular weight is 294 g/mol. The molecule has 1 nitrogen and oxygen atoms in total. The SMILES string of the molecule is C[C@H](NSC(C)(C)C)c1cc(Br)cs1. The fourth-order valence-corrected chi connectivity index (χ4v) is 3.06. The van der Waals surface area contributed by atoms with Gasteiger partial charge >= 0.3 is 0 Å². The number of rotatable bonds is 3. The zero-order valence-electron chi connectivity index (χ0n) is 8.93. The lowest BCUT2D eigenvalue weighted by molar-refractivity contribution is 0.734. The highest BCUT2D eigenvalue weighted by Crippen LogP contribution is 2.29. The Morgan fingerprint density at radius 3 is 2.57 bits per heavy atom. The van der Waals surface area contributed by atoms with Crippen LogP contribution in [-0.4, -0.2) is 4.75 Å². The molecule has 1 aromatic rings. The number of halogens is 1. The Morgan fingerprint density at radius 2 is 2.14 bits per heavy atom. The Morgan fingerprint density at radius 1 is 1.50 bits per heavy atom. The van der Waals surface area contributed by atoms with E-state index in [1.807, 2.05) is 0 Å². The minimum atomic E-state index is 0.267. The molecular formula is C10H16BrNS2. The van der Waals surface area contributed by atoms with Gasteiger partial charge in [-0.2, -0.15) is 0 Å². The lowest BCUT2D eigenvalue weighted by Crippen LogP contribution is -2.19. The summed E-state index contributed by atoms with van der Waals surface area (Å²) in [6, 6.07) is 2.58. The minimum absolute atomic E-state index is 0.267. The summed E-state index contributed by atoms with van der Waals surface area (Å²) in [5.41, 5.74) is 0. The predicted octanol–water partition coefficient (Wildman–Crippen LogP) is 4.61. The molecule has 1 atom stereocenters. The first-order valence-corrected chi connectivity index (χ1v) is 7.05. The van der Waals surface area contributed by atoms with Crippen LogP contribution in [0.5, 0.6) is 0 Å². The van der Waals surface area contributed by atoms with Crippen LogP contribution < -0.4 is 4.72 Å².